The van der Waals surface area contributed by atoms with E-state index >= 15 is 0 Å². The maximum atomic E-state index is 12.1. The maximum Gasteiger partial charge on any atom is 0.234 e. The number of hydrogen-bond acceptors (Lipinski definition) is 4. The highest BCUT2D eigenvalue weighted by Gasteiger charge is 2.22. The number of ether oxygens (including phenoxy) is 1. The Hall–Kier alpha value is -0.910. The van der Waals surface area contributed by atoms with E-state index in [-0.39, 0.29) is 12.0 Å². The van der Waals surface area contributed by atoms with Crippen LogP contribution >= 0.6 is 0 Å². The molecule has 1 saturated heterocycles. The van der Waals surface area contributed by atoms with Crippen LogP contribution in [0.4, 0.5) is 0 Å². The molecule has 22 heavy (non-hydrogen) atoms. The van der Waals surface area contributed by atoms with Gasteiger partial charge in [-0.1, -0.05) is 11.6 Å². The lowest BCUT2D eigenvalue weighted by Crippen LogP contribution is -2.49. The summed E-state index contributed by atoms with van der Waals surface area (Å²) in [6, 6.07) is 0. The highest BCUT2D eigenvalue weighted by atomic mass is 16.5. The van der Waals surface area contributed by atoms with Crippen molar-refractivity contribution in [1.82, 2.24) is 15.1 Å². The Balaban J connectivity index is 1.62. The second-order valence-corrected chi connectivity index (χ2v) is 6.70. The number of carbonyl (C=O) groups excluding carboxylic acids is 1. The lowest BCUT2D eigenvalue weighted by molar-refractivity contribution is -0.124. The van der Waals surface area contributed by atoms with Crippen molar-refractivity contribution in [3.05, 3.63) is 11.6 Å². The van der Waals surface area contributed by atoms with Crippen LogP contribution in [0.3, 0.4) is 0 Å². The first-order valence-corrected chi connectivity index (χ1v) is 8.57. The molecule has 2 rings (SSSR count). The summed E-state index contributed by atoms with van der Waals surface area (Å²) >= 11 is 0. The standard InChI is InChI=1S/C17H31N3O2/c1-19(2)12-16-13-20(10-11-22-16)14-17(21)18-9-8-15-6-4-3-5-7-15/h6,16H,3-5,7-14H2,1-2H3,(H,18,21)/t16-/m1/s1. The fourth-order valence-electron chi connectivity index (χ4n) is 3.19. The molecule has 0 aromatic carbocycles. The molecule has 1 aliphatic carbocycles. The largest absolute Gasteiger partial charge is 0.374 e. The molecule has 0 radical (unpaired) electrons. The minimum Gasteiger partial charge on any atom is -0.374 e. The van der Waals surface area contributed by atoms with Crippen LogP contribution in [-0.4, -0.2) is 75.2 Å². The summed E-state index contributed by atoms with van der Waals surface area (Å²) < 4.78 is 5.74. The van der Waals surface area contributed by atoms with Gasteiger partial charge in [0.05, 0.1) is 19.3 Å². The number of carbonyl (C=O) groups is 1. The molecular weight excluding hydrogens is 278 g/mol. The summed E-state index contributed by atoms with van der Waals surface area (Å²) in [5, 5.41) is 3.06. The van der Waals surface area contributed by atoms with E-state index in [0.717, 1.165) is 39.2 Å². The zero-order valence-corrected chi connectivity index (χ0v) is 14.1. The second kappa shape index (κ2) is 9.28. The Bertz CT molecular complexity index is 382. The van der Waals surface area contributed by atoms with Crippen molar-refractivity contribution >= 4 is 5.91 Å². The molecule has 1 amide bonds. The highest BCUT2D eigenvalue weighted by Crippen LogP contribution is 2.19. The van der Waals surface area contributed by atoms with Crippen LogP contribution in [0.5, 0.6) is 0 Å². The van der Waals surface area contributed by atoms with Crippen molar-refractivity contribution in [3.63, 3.8) is 0 Å². The molecule has 1 atom stereocenters. The van der Waals surface area contributed by atoms with Crippen molar-refractivity contribution in [3.8, 4) is 0 Å². The molecular formula is C17H31N3O2. The van der Waals surface area contributed by atoms with Gasteiger partial charge in [0.25, 0.3) is 0 Å². The van der Waals surface area contributed by atoms with E-state index in [0.29, 0.717) is 6.54 Å². The van der Waals surface area contributed by atoms with Crippen LogP contribution in [0.15, 0.2) is 11.6 Å². The molecule has 0 aromatic rings. The number of amides is 1. The van der Waals surface area contributed by atoms with Crippen molar-refractivity contribution in [2.75, 3.05) is 53.4 Å². The van der Waals surface area contributed by atoms with Gasteiger partial charge in [-0.15, -0.1) is 0 Å². The maximum absolute atomic E-state index is 12.1. The van der Waals surface area contributed by atoms with Crippen LogP contribution < -0.4 is 5.32 Å². The first-order valence-electron chi connectivity index (χ1n) is 8.57. The number of morpholine rings is 1. The molecule has 0 bridgehead atoms. The molecule has 126 valence electrons. The minimum atomic E-state index is 0.141. The van der Waals surface area contributed by atoms with E-state index in [1.54, 1.807) is 0 Å². The highest BCUT2D eigenvalue weighted by molar-refractivity contribution is 5.78. The van der Waals surface area contributed by atoms with Crippen LogP contribution in [0, 0.1) is 0 Å². The molecule has 5 nitrogen and oxygen atoms in total. The Labute approximate surface area is 134 Å². The predicted octanol–water partition coefficient (Wildman–Crippen LogP) is 1.26. The monoisotopic (exact) mass is 309 g/mol. The second-order valence-electron chi connectivity index (χ2n) is 6.70. The molecule has 0 spiro atoms. The molecule has 5 heteroatoms. The summed E-state index contributed by atoms with van der Waals surface area (Å²) in [5.41, 5.74) is 1.52. The third-order valence-corrected chi connectivity index (χ3v) is 4.31. The summed E-state index contributed by atoms with van der Waals surface area (Å²) in [6.07, 6.45) is 8.63. The number of nitrogens with zero attached hydrogens (tertiary/aromatic N) is 2. The van der Waals surface area contributed by atoms with Gasteiger partial charge < -0.3 is 15.0 Å². The quantitative estimate of drug-likeness (QED) is 0.719. The number of nitrogens with one attached hydrogen (secondary N) is 1. The van der Waals surface area contributed by atoms with E-state index in [1.165, 1.54) is 31.3 Å². The van der Waals surface area contributed by atoms with Crippen molar-refractivity contribution < 1.29 is 9.53 Å². The summed E-state index contributed by atoms with van der Waals surface area (Å²) in [7, 11) is 4.10. The number of hydrogen-bond donors (Lipinski definition) is 1. The first-order chi connectivity index (χ1) is 10.6. The zero-order valence-electron chi connectivity index (χ0n) is 14.1. The summed E-state index contributed by atoms with van der Waals surface area (Å²) in [5.74, 6) is 0.141. The van der Waals surface area contributed by atoms with Crippen molar-refractivity contribution in [2.45, 2.75) is 38.2 Å². The van der Waals surface area contributed by atoms with Crippen molar-refractivity contribution in [2.24, 2.45) is 0 Å². The molecule has 2 aliphatic rings. The predicted molar refractivity (Wildman–Crippen MR) is 88.9 cm³/mol. The van der Waals surface area contributed by atoms with Gasteiger partial charge in [-0.05, 0) is 46.2 Å². The van der Waals surface area contributed by atoms with Crippen LogP contribution in [0.2, 0.25) is 0 Å². The summed E-state index contributed by atoms with van der Waals surface area (Å²) in [4.78, 5) is 16.4. The van der Waals surface area contributed by atoms with E-state index in [4.69, 9.17) is 4.74 Å². The van der Waals surface area contributed by atoms with E-state index < -0.39 is 0 Å². The Morgan fingerprint density at radius 2 is 2.32 bits per heavy atom. The first kappa shape index (κ1) is 17.4. The smallest absolute Gasteiger partial charge is 0.234 e. The fraction of sp³-hybridized carbons (Fsp3) is 0.824. The SMILES string of the molecule is CN(C)C[C@@H]1CN(CC(=O)NCCC2=CCCCC2)CCO1. The average Bonchev–Trinajstić information content (AvgIpc) is 2.48. The van der Waals surface area contributed by atoms with Crippen LogP contribution in [0.1, 0.15) is 32.1 Å². The van der Waals surface area contributed by atoms with E-state index in [9.17, 15) is 4.79 Å². The van der Waals surface area contributed by atoms with Gasteiger partial charge in [0.15, 0.2) is 0 Å². The van der Waals surface area contributed by atoms with E-state index in [2.05, 4.69) is 35.3 Å². The number of likely N-dealkylation sites (N-methyl/N-ethyl adjacent to an activating group) is 1. The third-order valence-electron chi connectivity index (χ3n) is 4.31. The van der Waals surface area contributed by atoms with Crippen LogP contribution in [0.25, 0.3) is 0 Å². The topological polar surface area (TPSA) is 44.8 Å². The van der Waals surface area contributed by atoms with Crippen LogP contribution in [-0.2, 0) is 9.53 Å². The van der Waals surface area contributed by atoms with Crippen molar-refractivity contribution in [1.29, 1.82) is 0 Å². The molecule has 0 aromatic heterocycles. The zero-order chi connectivity index (χ0) is 15.8. The molecule has 1 heterocycles. The molecule has 1 N–H and O–H groups in total. The molecule has 0 saturated carbocycles. The number of allylic oxidation sites excluding steroid dienone is 1. The van der Waals surface area contributed by atoms with E-state index in [1.807, 2.05) is 0 Å². The third kappa shape index (κ3) is 6.46. The van der Waals surface area contributed by atoms with Gasteiger partial charge in [0.2, 0.25) is 5.91 Å². The Morgan fingerprint density at radius 3 is 3.05 bits per heavy atom. The fourth-order valence-corrected chi connectivity index (χ4v) is 3.19. The Morgan fingerprint density at radius 1 is 1.45 bits per heavy atom. The molecule has 1 aliphatic heterocycles. The molecule has 1 fully saturated rings. The number of rotatable bonds is 7. The van der Waals surface area contributed by atoms with Gasteiger partial charge in [0, 0.05) is 26.2 Å². The normalized spacial score (nSPS) is 23.4. The summed E-state index contributed by atoms with van der Waals surface area (Å²) in [6.45, 7) is 4.59. The van der Waals surface area contributed by atoms with Gasteiger partial charge in [-0.3, -0.25) is 9.69 Å². The van der Waals surface area contributed by atoms with Gasteiger partial charge in [-0.25, -0.2) is 0 Å². The average molecular weight is 309 g/mol. The molecule has 0 unspecified atom stereocenters. The lowest BCUT2D eigenvalue weighted by Gasteiger charge is -2.33. The lowest BCUT2D eigenvalue weighted by atomic mass is 9.97. The Kier molecular flexibility index (Phi) is 7.36. The van der Waals surface area contributed by atoms with Gasteiger partial charge >= 0.3 is 0 Å². The minimum absolute atomic E-state index is 0.141. The van der Waals surface area contributed by atoms with Gasteiger partial charge in [0.1, 0.15) is 0 Å². The van der Waals surface area contributed by atoms with Gasteiger partial charge in [-0.2, -0.15) is 0 Å².